The number of carbonyl (C=O) groups excluding carboxylic acids is 3. The normalized spacial score (nSPS) is 24.4. The highest BCUT2D eigenvalue weighted by molar-refractivity contribution is 6.71. The molecule has 4 aromatic rings. The molecule has 3 amide bonds. The first-order valence-electron chi connectivity index (χ1n) is 21.8. The van der Waals surface area contributed by atoms with Crippen LogP contribution in [0, 0.1) is 5.92 Å². The van der Waals surface area contributed by atoms with Gasteiger partial charge in [0.1, 0.15) is 5.75 Å². The van der Waals surface area contributed by atoms with Crippen molar-refractivity contribution < 1.29 is 38.9 Å². The van der Waals surface area contributed by atoms with Gasteiger partial charge in [0.2, 0.25) is 11.8 Å². The molecule has 12 nitrogen and oxygen atoms in total. The van der Waals surface area contributed by atoms with Crippen LogP contribution in [0.25, 0.3) is 0 Å². The Bertz CT molecular complexity index is 2320. The number of nitrogens with one attached hydrogen (secondary N) is 1. The smallest absolute Gasteiger partial charge is 0.264 e. The molecule has 0 aromatic heterocycles. The number of amides is 3. The molecule has 0 saturated carbocycles. The Hall–Kier alpha value is -4.60. The quantitative estimate of drug-likeness (QED) is 0.0837. The molecule has 0 radical (unpaired) electrons. The highest BCUT2D eigenvalue weighted by atomic mass is 35.5. The predicted octanol–water partition coefficient (Wildman–Crippen LogP) is 6.37. The Morgan fingerprint density at radius 1 is 0.952 bits per heavy atom. The SMILES string of the molecule is CCOc1ccc2c(c1)CC(NCCCCO)C(=O)N2c1ccc(CN2C(=O)[C@]3(O[C@H](CC(=O)N4Cc5ccccc5C[C@H]4CO)[C@@H]([Si](C)(C)O)[C@@H]3C)c3cc(Cl)ccc32)cc1. The Morgan fingerprint density at radius 3 is 2.40 bits per heavy atom. The van der Waals surface area contributed by atoms with E-state index < -0.39 is 43.6 Å². The topological polar surface area (TPSA) is 152 Å². The van der Waals surface area contributed by atoms with E-state index in [2.05, 4.69) is 5.32 Å². The van der Waals surface area contributed by atoms with Gasteiger partial charge in [0, 0.05) is 40.9 Å². The fourth-order valence-electron chi connectivity index (χ4n) is 10.4. The molecule has 4 aromatic carbocycles. The molecule has 1 spiro atoms. The Morgan fingerprint density at radius 2 is 1.69 bits per heavy atom. The fraction of sp³-hybridized carbons (Fsp3) is 0.438. The molecule has 4 heterocycles. The van der Waals surface area contributed by atoms with Crippen LogP contribution in [-0.2, 0) is 50.7 Å². The minimum absolute atomic E-state index is 0.0542. The average molecular weight is 882 g/mol. The first kappa shape index (κ1) is 44.0. The van der Waals surface area contributed by atoms with Gasteiger partial charge in [-0.2, -0.15) is 0 Å². The van der Waals surface area contributed by atoms with Gasteiger partial charge in [-0.15, -0.1) is 0 Å². The van der Waals surface area contributed by atoms with Crippen molar-refractivity contribution in [3.05, 3.63) is 118 Å². The van der Waals surface area contributed by atoms with Gasteiger partial charge in [-0.05, 0) is 123 Å². The summed E-state index contributed by atoms with van der Waals surface area (Å²) in [7, 11) is -3.08. The molecule has 4 aliphatic heterocycles. The summed E-state index contributed by atoms with van der Waals surface area (Å²) in [6.07, 6.45) is 1.62. The lowest BCUT2D eigenvalue weighted by Crippen LogP contribution is -2.49. The molecule has 4 N–H and O–H groups in total. The van der Waals surface area contributed by atoms with E-state index in [9.17, 15) is 24.6 Å². The fourth-order valence-corrected chi connectivity index (χ4v) is 13.1. The van der Waals surface area contributed by atoms with Crippen molar-refractivity contribution in [2.75, 3.05) is 36.2 Å². The van der Waals surface area contributed by atoms with Crippen LogP contribution in [0.3, 0.4) is 0 Å². The van der Waals surface area contributed by atoms with Crippen molar-refractivity contribution in [2.45, 2.75) is 101 Å². The largest absolute Gasteiger partial charge is 0.494 e. The Kier molecular flexibility index (Phi) is 12.7. The zero-order valence-electron chi connectivity index (χ0n) is 35.9. The van der Waals surface area contributed by atoms with E-state index in [-0.39, 0.29) is 43.9 Å². The third kappa shape index (κ3) is 8.08. The van der Waals surface area contributed by atoms with E-state index >= 15 is 4.79 Å². The summed E-state index contributed by atoms with van der Waals surface area (Å²) in [5.74, 6) is -0.326. The summed E-state index contributed by atoms with van der Waals surface area (Å²) in [4.78, 5) is 60.6. The van der Waals surface area contributed by atoms with Crippen molar-refractivity contribution in [3.63, 3.8) is 0 Å². The number of hydrogen-bond acceptors (Lipinski definition) is 9. The molecule has 6 atom stereocenters. The predicted molar refractivity (Wildman–Crippen MR) is 241 cm³/mol. The third-order valence-electron chi connectivity index (χ3n) is 13.3. The summed E-state index contributed by atoms with van der Waals surface area (Å²) in [6, 6.07) is 25.8. The maximum absolute atomic E-state index is 15.2. The van der Waals surface area contributed by atoms with E-state index in [4.69, 9.17) is 21.1 Å². The summed E-state index contributed by atoms with van der Waals surface area (Å²) in [5.41, 5.74) is 4.68. The summed E-state index contributed by atoms with van der Waals surface area (Å²) in [5, 5.41) is 23.5. The van der Waals surface area contributed by atoms with Crippen LogP contribution in [0.4, 0.5) is 17.1 Å². The van der Waals surface area contributed by atoms with Crippen molar-refractivity contribution in [1.82, 2.24) is 10.2 Å². The van der Waals surface area contributed by atoms with Gasteiger partial charge in [-0.25, -0.2) is 0 Å². The molecule has 0 bridgehead atoms. The van der Waals surface area contributed by atoms with E-state index in [0.717, 1.165) is 40.1 Å². The molecule has 4 aliphatic rings. The standard InChI is InChI=1S/C48H57ClN4O8Si/c1-5-60-38-17-19-41-34(23-38)24-40(50-20-8-9-21-54)46(57)53(41)36-15-12-31(13-16-36)27-52-42-18-14-35(49)25-39(42)48(47(52)58)30(2)45(62(3,4)59)43(61-48)26-44(56)51-28-33-11-7-6-10-32(33)22-37(51)29-55/h6-7,10-19,23,25,30,37,40,43,45,50,54-55,59H,5,8-9,20-22,24,26-29H2,1-4H3/t30-,37-,40?,43+,45-,48+/m0/s1. The number of rotatable bonds is 14. The molecular weight excluding hydrogens is 824 g/mol. The zero-order valence-corrected chi connectivity index (χ0v) is 37.6. The van der Waals surface area contributed by atoms with Crippen LogP contribution < -0.4 is 19.9 Å². The second-order valence-corrected chi connectivity index (χ2v) is 22.1. The zero-order chi connectivity index (χ0) is 43.9. The van der Waals surface area contributed by atoms with Gasteiger partial charge < -0.3 is 39.6 Å². The summed E-state index contributed by atoms with van der Waals surface area (Å²) in [6.45, 7) is 9.13. The molecule has 1 saturated heterocycles. The number of ether oxygens (including phenoxy) is 2. The van der Waals surface area contributed by atoms with Crippen LogP contribution in [0.2, 0.25) is 23.7 Å². The number of aliphatic hydroxyl groups excluding tert-OH is 2. The lowest BCUT2D eigenvalue weighted by molar-refractivity contribution is -0.151. The number of aliphatic hydroxyl groups is 2. The first-order valence-corrected chi connectivity index (χ1v) is 25.2. The number of hydrogen-bond donors (Lipinski definition) is 4. The van der Waals surface area contributed by atoms with Crippen molar-refractivity contribution in [2.24, 2.45) is 5.92 Å². The van der Waals surface area contributed by atoms with Crippen molar-refractivity contribution in [3.8, 4) is 5.75 Å². The number of anilines is 3. The van der Waals surface area contributed by atoms with Crippen LogP contribution in [0.5, 0.6) is 5.75 Å². The number of benzene rings is 4. The van der Waals surface area contributed by atoms with Gasteiger partial charge in [0.15, 0.2) is 13.9 Å². The highest BCUT2D eigenvalue weighted by Gasteiger charge is 2.66. The Labute approximate surface area is 369 Å². The number of nitrogens with zero attached hydrogens (tertiary/aromatic N) is 3. The molecule has 1 unspecified atom stereocenters. The van der Waals surface area contributed by atoms with Gasteiger partial charge in [-0.3, -0.25) is 19.3 Å². The lowest BCUT2D eigenvalue weighted by Gasteiger charge is -2.37. The maximum atomic E-state index is 15.2. The second kappa shape index (κ2) is 17.9. The van der Waals surface area contributed by atoms with Crippen LogP contribution >= 0.6 is 11.6 Å². The van der Waals surface area contributed by atoms with Crippen LogP contribution in [-0.4, -0.2) is 90.5 Å². The number of carbonyl (C=O) groups is 3. The van der Waals surface area contributed by atoms with E-state index in [1.807, 2.05) is 99.7 Å². The van der Waals surface area contributed by atoms with E-state index in [0.29, 0.717) is 60.9 Å². The second-order valence-electron chi connectivity index (χ2n) is 17.7. The molecule has 8 rings (SSSR count). The Balaban J connectivity index is 1.07. The number of fused-ring (bicyclic) bond motifs is 4. The van der Waals surface area contributed by atoms with Crippen molar-refractivity contribution >= 4 is 54.7 Å². The maximum Gasteiger partial charge on any atom is 0.264 e. The van der Waals surface area contributed by atoms with Crippen molar-refractivity contribution in [1.29, 1.82) is 0 Å². The number of halogens is 1. The van der Waals surface area contributed by atoms with Crippen LogP contribution in [0.1, 0.15) is 60.9 Å². The molecule has 1 fully saturated rings. The minimum atomic E-state index is -3.08. The van der Waals surface area contributed by atoms with Gasteiger partial charge >= 0.3 is 0 Å². The molecule has 14 heteroatoms. The summed E-state index contributed by atoms with van der Waals surface area (Å²) < 4.78 is 12.8. The molecule has 62 heavy (non-hydrogen) atoms. The molecule has 0 aliphatic carbocycles. The third-order valence-corrected chi connectivity index (χ3v) is 16.0. The highest BCUT2D eigenvalue weighted by Crippen LogP contribution is 2.60. The van der Waals surface area contributed by atoms with E-state index in [1.54, 1.807) is 26.8 Å². The average Bonchev–Trinajstić information content (AvgIpc) is 3.67. The lowest BCUT2D eigenvalue weighted by atomic mass is 9.82. The monoisotopic (exact) mass is 880 g/mol. The number of unbranched alkanes of at least 4 members (excludes halogenated alkanes) is 1. The molecule has 328 valence electrons. The van der Waals surface area contributed by atoms with Gasteiger partial charge in [0.25, 0.3) is 5.91 Å². The van der Waals surface area contributed by atoms with Crippen LogP contribution in [0.15, 0.2) is 84.9 Å². The molecular formula is C48H57ClN4O8Si. The summed E-state index contributed by atoms with van der Waals surface area (Å²) >= 11 is 6.66. The van der Waals surface area contributed by atoms with E-state index in [1.165, 1.54) is 0 Å². The first-order chi connectivity index (χ1) is 29.8. The van der Waals surface area contributed by atoms with Gasteiger partial charge in [0.05, 0.1) is 55.7 Å². The minimum Gasteiger partial charge on any atom is -0.494 e. The van der Waals surface area contributed by atoms with Gasteiger partial charge in [-0.1, -0.05) is 54.9 Å².